The number of nitrogens with zero attached hydrogens (tertiary/aromatic N) is 2. The summed E-state index contributed by atoms with van der Waals surface area (Å²) in [6, 6.07) is 3.31. The first-order valence-corrected chi connectivity index (χ1v) is 8.23. The van der Waals surface area contributed by atoms with Gasteiger partial charge in [-0.3, -0.25) is 4.79 Å². The zero-order valence-electron chi connectivity index (χ0n) is 12.4. The lowest BCUT2D eigenvalue weighted by molar-refractivity contribution is 0.0886. The number of carbonyl (C=O) groups is 1. The largest absolute Gasteiger partial charge is 0.397 e. The predicted octanol–water partition coefficient (Wildman–Crippen LogP) is 1.76. The molecule has 1 aliphatic carbocycles. The molecule has 3 fully saturated rings. The number of anilines is 1. The molecule has 4 rings (SSSR count). The van der Waals surface area contributed by atoms with Gasteiger partial charge in [0.15, 0.2) is 0 Å². The van der Waals surface area contributed by atoms with E-state index in [0.717, 1.165) is 37.9 Å². The second kappa shape index (κ2) is 5.05. The number of nitrogens with one attached hydrogen (secondary N) is 1. The molecule has 2 unspecified atom stereocenters. The van der Waals surface area contributed by atoms with Crippen LogP contribution in [-0.4, -0.2) is 40.5 Å². The number of nitrogens with two attached hydrogens (primary N) is 1. The zero-order chi connectivity index (χ0) is 14.4. The summed E-state index contributed by atoms with van der Waals surface area (Å²) in [5, 5.41) is 3.24. The quantitative estimate of drug-likeness (QED) is 0.891. The van der Waals surface area contributed by atoms with Crippen molar-refractivity contribution in [3.8, 4) is 0 Å². The van der Waals surface area contributed by atoms with Crippen molar-refractivity contribution >= 4 is 11.6 Å². The van der Waals surface area contributed by atoms with E-state index in [1.807, 2.05) is 12.3 Å². The lowest BCUT2D eigenvalue weighted by atomic mass is 9.97. The minimum atomic E-state index is 0.0510. The van der Waals surface area contributed by atoms with Crippen LogP contribution >= 0.6 is 0 Å². The van der Waals surface area contributed by atoms with E-state index in [1.54, 1.807) is 0 Å². The molecule has 2 aliphatic heterocycles. The molecule has 5 heteroatoms. The van der Waals surface area contributed by atoms with E-state index in [2.05, 4.69) is 14.8 Å². The number of piperidine rings is 1. The maximum Gasteiger partial charge on any atom is 0.268 e. The molecule has 1 amide bonds. The molecular formula is C16H24N4O. The van der Waals surface area contributed by atoms with E-state index < -0.39 is 0 Å². The molecule has 3 N–H and O–H groups in total. The van der Waals surface area contributed by atoms with Crippen molar-refractivity contribution in [1.82, 2.24) is 14.8 Å². The molecule has 0 aromatic carbocycles. The van der Waals surface area contributed by atoms with E-state index in [4.69, 9.17) is 5.73 Å². The summed E-state index contributed by atoms with van der Waals surface area (Å²) < 4.78 is 2.06. The molecule has 3 aliphatic rings. The fourth-order valence-corrected chi connectivity index (χ4v) is 3.95. The van der Waals surface area contributed by atoms with Crippen LogP contribution < -0.4 is 11.1 Å². The Morgan fingerprint density at radius 2 is 2.05 bits per heavy atom. The smallest absolute Gasteiger partial charge is 0.268 e. The highest BCUT2D eigenvalue weighted by atomic mass is 16.2. The highest BCUT2D eigenvalue weighted by molar-refractivity contribution is 5.94. The Labute approximate surface area is 125 Å². The molecule has 0 bridgehead atoms. The number of carbonyl (C=O) groups excluding carboxylic acids is 1. The standard InChI is InChI=1S/C16H24N4O/c17-11-8-15(20(10-11)13-3-4-13)16(21)18-12-5-7-19-6-1-2-14(19)9-12/h8,10,12-14H,1-7,9,17H2,(H,18,21). The number of fused-ring (bicyclic) bond motifs is 1. The third kappa shape index (κ3) is 2.55. The number of rotatable bonds is 3. The molecule has 2 saturated heterocycles. The van der Waals surface area contributed by atoms with Crippen LogP contribution in [0.4, 0.5) is 5.69 Å². The lowest BCUT2D eigenvalue weighted by Crippen LogP contribution is -2.47. The minimum Gasteiger partial charge on any atom is -0.397 e. The first-order valence-electron chi connectivity index (χ1n) is 8.23. The number of hydrogen-bond donors (Lipinski definition) is 2. The summed E-state index contributed by atoms with van der Waals surface area (Å²) in [5.74, 6) is 0.0510. The molecule has 114 valence electrons. The molecule has 3 heterocycles. The Morgan fingerprint density at radius 3 is 2.86 bits per heavy atom. The first-order chi connectivity index (χ1) is 10.2. The first kappa shape index (κ1) is 13.2. The molecule has 0 spiro atoms. The molecule has 1 aromatic rings. The fourth-order valence-electron chi connectivity index (χ4n) is 3.95. The van der Waals surface area contributed by atoms with Crippen molar-refractivity contribution in [3.63, 3.8) is 0 Å². The SMILES string of the molecule is Nc1cc(C(=O)NC2CCN3CCCC3C2)n(C2CC2)c1. The molecular weight excluding hydrogens is 264 g/mol. The van der Waals surface area contributed by atoms with Gasteiger partial charge in [0, 0.05) is 30.9 Å². The summed E-state index contributed by atoms with van der Waals surface area (Å²) in [6.45, 7) is 2.37. The van der Waals surface area contributed by atoms with E-state index in [9.17, 15) is 4.79 Å². The molecule has 1 saturated carbocycles. The van der Waals surface area contributed by atoms with Gasteiger partial charge in [0.05, 0.1) is 5.69 Å². The number of amides is 1. The van der Waals surface area contributed by atoms with Gasteiger partial charge in [0.25, 0.3) is 5.91 Å². The van der Waals surface area contributed by atoms with Gasteiger partial charge in [-0.25, -0.2) is 0 Å². The summed E-state index contributed by atoms with van der Waals surface area (Å²) >= 11 is 0. The second-order valence-electron chi connectivity index (χ2n) is 6.82. The van der Waals surface area contributed by atoms with Crippen LogP contribution in [0, 0.1) is 0 Å². The average molecular weight is 288 g/mol. The Bertz CT molecular complexity index is 548. The monoisotopic (exact) mass is 288 g/mol. The Balaban J connectivity index is 1.43. The lowest BCUT2D eigenvalue weighted by Gasteiger charge is -2.35. The molecule has 5 nitrogen and oxygen atoms in total. The van der Waals surface area contributed by atoms with Gasteiger partial charge < -0.3 is 20.5 Å². The molecule has 2 atom stereocenters. The van der Waals surface area contributed by atoms with Gasteiger partial charge in [-0.15, -0.1) is 0 Å². The number of nitrogen functional groups attached to an aromatic ring is 1. The van der Waals surface area contributed by atoms with Crippen molar-refractivity contribution in [2.75, 3.05) is 18.8 Å². The van der Waals surface area contributed by atoms with Crippen LogP contribution in [0.15, 0.2) is 12.3 Å². The van der Waals surface area contributed by atoms with Crippen molar-refractivity contribution in [3.05, 3.63) is 18.0 Å². The Morgan fingerprint density at radius 1 is 1.19 bits per heavy atom. The Kier molecular flexibility index (Phi) is 3.17. The van der Waals surface area contributed by atoms with Crippen LogP contribution in [0.2, 0.25) is 0 Å². The van der Waals surface area contributed by atoms with Gasteiger partial charge in [0.1, 0.15) is 5.69 Å². The minimum absolute atomic E-state index is 0.0510. The fraction of sp³-hybridized carbons (Fsp3) is 0.688. The van der Waals surface area contributed by atoms with Crippen LogP contribution in [0.5, 0.6) is 0 Å². The van der Waals surface area contributed by atoms with E-state index in [-0.39, 0.29) is 5.91 Å². The zero-order valence-corrected chi connectivity index (χ0v) is 12.4. The third-order valence-corrected chi connectivity index (χ3v) is 5.20. The van der Waals surface area contributed by atoms with Crippen molar-refractivity contribution in [1.29, 1.82) is 0 Å². The van der Waals surface area contributed by atoms with E-state index >= 15 is 0 Å². The third-order valence-electron chi connectivity index (χ3n) is 5.20. The maximum atomic E-state index is 12.6. The average Bonchev–Trinajstić information content (AvgIpc) is 3.07. The van der Waals surface area contributed by atoms with Gasteiger partial charge in [-0.1, -0.05) is 0 Å². The summed E-state index contributed by atoms with van der Waals surface area (Å²) in [7, 11) is 0. The summed E-state index contributed by atoms with van der Waals surface area (Å²) in [5.41, 5.74) is 7.31. The van der Waals surface area contributed by atoms with Crippen LogP contribution in [0.1, 0.15) is 55.1 Å². The molecule has 1 aromatic heterocycles. The van der Waals surface area contributed by atoms with Crippen molar-refractivity contribution in [2.24, 2.45) is 0 Å². The molecule has 0 radical (unpaired) electrons. The molecule has 21 heavy (non-hydrogen) atoms. The number of hydrogen-bond acceptors (Lipinski definition) is 3. The number of aromatic nitrogens is 1. The van der Waals surface area contributed by atoms with Crippen LogP contribution in [0.3, 0.4) is 0 Å². The van der Waals surface area contributed by atoms with Gasteiger partial charge >= 0.3 is 0 Å². The summed E-state index contributed by atoms with van der Waals surface area (Å²) in [4.78, 5) is 15.1. The second-order valence-corrected chi connectivity index (χ2v) is 6.82. The Hall–Kier alpha value is -1.49. The maximum absolute atomic E-state index is 12.6. The highest BCUT2D eigenvalue weighted by Crippen LogP contribution is 2.37. The van der Waals surface area contributed by atoms with Crippen LogP contribution in [0.25, 0.3) is 0 Å². The highest BCUT2D eigenvalue weighted by Gasteiger charge is 2.33. The normalized spacial score (nSPS) is 29.3. The van der Waals surface area contributed by atoms with Crippen molar-refractivity contribution < 1.29 is 4.79 Å². The van der Waals surface area contributed by atoms with Gasteiger partial charge in [-0.2, -0.15) is 0 Å². The van der Waals surface area contributed by atoms with Crippen LogP contribution in [-0.2, 0) is 0 Å². The topological polar surface area (TPSA) is 63.3 Å². The van der Waals surface area contributed by atoms with Gasteiger partial charge in [0.2, 0.25) is 0 Å². The predicted molar refractivity (Wildman–Crippen MR) is 82.2 cm³/mol. The van der Waals surface area contributed by atoms with E-state index in [0.29, 0.717) is 23.8 Å². The van der Waals surface area contributed by atoms with Crippen molar-refractivity contribution in [2.45, 2.75) is 56.7 Å². The summed E-state index contributed by atoms with van der Waals surface area (Å²) in [6.07, 6.45) is 9.01. The van der Waals surface area contributed by atoms with Gasteiger partial charge in [-0.05, 0) is 51.1 Å². The van der Waals surface area contributed by atoms with E-state index in [1.165, 1.54) is 19.4 Å².